The van der Waals surface area contributed by atoms with Gasteiger partial charge in [-0.1, -0.05) is 32.1 Å². The lowest BCUT2D eigenvalue weighted by molar-refractivity contribution is -0.148. The number of aliphatic hydroxyl groups is 1. The lowest BCUT2D eigenvalue weighted by atomic mass is 9.46. The average molecular weight is 412 g/mol. The molecule has 3 nitrogen and oxygen atoms in total. The van der Waals surface area contributed by atoms with Crippen molar-refractivity contribution >= 4 is 5.91 Å². The number of carbonyl (C=O) groups excluding carboxylic acids is 1. The molecule has 162 valence electrons. The summed E-state index contributed by atoms with van der Waals surface area (Å²) in [7, 11) is 1.94. The van der Waals surface area contributed by atoms with Crippen molar-refractivity contribution in [1.82, 2.24) is 4.90 Å². The molecule has 3 saturated carbocycles. The molecule has 1 heterocycles. The number of fused-ring (bicyclic) bond motifs is 5. The Morgan fingerprint density at radius 3 is 2.77 bits per heavy atom. The summed E-state index contributed by atoms with van der Waals surface area (Å²) in [6.07, 6.45) is 9.82. The van der Waals surface area contributed by atoms with Crippen molar-refractivity contribution in [2.75, 3.05) is 7.05 Å². The number of hydrogen-bond donors (Lipinski definition) is 1. The summed E-state index contributed by atoms with van der Waals surface area (Å²) in [6, 6.07) is 7.08. The zero-order valence-corrected chi connectivity index (χ0v) is 18.4. The van der Waals surface area contributed by atoms with Gasteiger partial charge >= 0.3 is 0 Å². The maximum atomic E-state index is 13.9. The van der Waals surface area contributed by atoms with Crippen LogP contribution in [0.25, 0.3) is 0 Å². The Morgan fingerprint density at radius 2 is 2.00 bits per heavy atom. The van der Waals surface area contributed by atoms with Gasteiger partial charge in [0.2, 0.25) is 5.91 Å². The summed E-state index contributed by atoms with van der Waals surface area (Å²) in [4.78, 5) is 14.6. The summed E-state index contributed by atoms with van der Waals surface area (Å²) in [5.74, 6) is 1.79. The number of benzene rings is 1. The number of halogens is 1. The van der Waals surface area contributed by atoms with Crippen molar-refractivity contribution in [1.29, 1.82) is 0 Å². The van der Waals surface area contributed by atoms with E-state index in [1.165, 1.54) is 6.07 Å². The first-order valence-electron chi connectivity index (χ1n) is 11.6. The smallest absolute Gasteiger partial charge is 0.246 e. The molecule has 4 aliphatic rings. The van der Waals surface area contributed by atoms with Crippen molar-refractivity contribution in [3.05, 3.63) is 47.8 Å². The van der Waals surface area contributed by atoms with E-state index in [0.29, 0.717) is 17.8 Å². The van der Waals surface area contributed by atoms with Gasteiger partial charge in [0.15, 0.2) is 0 Å². The highest BCUT2D eigenvalue weighted by Gasteiger charge is 2.62. The molecular weight excluding hydrogens is 377 g/mol. The number of aliphatic hydroxyl groups excluding tert-OH is 1. The maximum Gasteiger partial charge on any atom is 0.246 e. The molecule has 3 aliphatic carbocycles. The monoisotopic (exact) mass is 411 g/mol. The lowest BCUT2D eigenvalue weighted by Gasteiger charge is -2.62. The van der Waals surface area contributed by atoms with Crippen molar-refractivity contribution < 1.29 is 14.3 Å². The van der Waals surface area contributed by atoms with E-state index in [2.05, 4.69) is 19.9 Å². The number of nitrogens with zero attached hydrogens (tertiary/aromatic N) is 1. The number of carbonyl (C=O) groups is 1. The van der Waals surface area contributed by atoms with Crippen LogP contribution in [0.5, 0.6) is 0 Å². The van der Waals surface area contributed by atoms with E-state index in [1.54, 1.807) is 18.2 Å². The molecule has 1 N–H and O–H groups in total. The van der Waals surface area contributed by atoms with Crippen LogP contribution in [-0.4, -0.2) is 35.1 Å². The lowest BCUT2D eigenvalue weighted by Crippen LogP contribution is -2.63. The van der Waals surface area contributed by atoms with E-state index in [4.69, 9.17) is 0 Å². The summed E-state index contributed by atoms with van der Waals surface area (Å²) in [6.45, 7) is 4.65. The number of likely N-dealkylation sites (N-methyl/N-ethyl adjacent to an activating group) is 1. The van der Waals surface area contributed by atoms with Crippen LogP contribution >= 0.6 is 0 Å². The molecule has 0 radical (unpaired) electrons. The first-order valence-corrected chi connectivity index (χ1v) is 11.6. The topological polar surface area (TPSA) is 40.5 Å². The van der Waals surface area contributed by atoms with Crippen molar-refractivity contribution in [2.24, 2.45) is 34.5 Å². The van der Waals surface area contributed by atoms with Gasteiger partial charge in [0.05, 0.1) is 6.10 Å². The fourth-order valence-corrected chi connectivity index (χ4v) is 8.19. The van der Waals surface area contributed by atoms with Crippen LogP contribution in [0.3, 0.4) is 0 Å². The van der Waals surface area contributed by atoms with Gasteiger partial charge in [-0.2, -0.15) is 0 Å². The Kier molecular flexibility index (Phi) is 4.66. The largest absolute Gasteiger partial charge is 0.393 e. The summed E-state index contributed by atoms with van der Waals surface area (Å²) < 4.78 is 13.9. The van der Waals surface area contributed by atoms with Gasteiger partial charge < -0.3 is 10.0 Å². The molecular formula is C26H34FNO2. The SMILES string of the molecule is CN1C(=O)C=C[C@@]2(C)C1C(Cc1cccc(F)c1)C[C@@H]1[C@H]2CC[C@]2(C)C(O)CC[C@@H]12. The van der Waals surface area contributed by atoms with E-state index in [1.807, 2.05) is 18.0 Å². The molecule has 0 aromatic heterocycles. The van der Waals surface area contributed by atoms with Gasteiger partial charge in [0.25, 0.3) is 0 Å². The molecule has 8 atom stereocenters. The highest BCUT2D eigenvalue weighted by molar-refractivity contribution is 5.89. The summed E-state index contributed by atoms with van der Waals surface area (Å²) >= 11 is 0. The average Bonchev–Trinajstić information content (AvgIpc) is 3.00. The number of hydrogen-bond acceptors (Lipinski definition) is 2. The minimum atomic E-state index is -0.193. The van der Waals surface area contributed by atoms with Gasteiger partial charge in [-0.25, -0.2) is 4.39 Å². The van der Waals surface area contributed by atoms with Crippen LogP contribution < -0.4 is 0 Å². The first-order chi connectivity index (χ1) is 14.2. The zero-order chi connectivity index (χ0) is 21.3. The molecule has 1 aromatic rings. The Labute approximate surface area is 179 Å². The first kappa shape index (κ1) is 20.2. The van der Waals surface area contributed by atoms with Gasteiger partial charge in [-0.3, -0.25) is 4.79 Å². The summed E-state index contributed by atoms with van der Waals surface area (Å²) in [5.41, 5.74) is 0.966. The highest BCUT2D eigenvalue weighted by Crippen LogP contribution is 2.65. The van der Waals surface area contributed by atoms with Crippen molar-refractivity contribution in [2.45, 2.75) is 64.5 Å². The Hall–Kier alpha value is -1.68. The van der Waals surface area contributed by atoms with Crippen LogP contribution in [0.1, 0.15) is 51.5 Å². The number of rotatable bonds is 2. The molecule has 0 bridgehead atoms. The fraction of sp³-hybridized carbons (Fsp3) is 0.654. The molecule has 5 rings (SSSR count). The number of amides is 1. The predicted molar refractivity (Wildman–Crippen MR) is 115 cm³/mol. The van der Waals surface area contributed by atoms with E-state index >= 15 is 0 Å². The van der Waals surface area contributed by atoms with Gasteiger partial charge in [0.1, 0.15) is 5.82 Å². The highest BCUT2D eigenvalue weighted by atomic mass is 19.1. The van der Waals surface area contributed by atoms with E-state index in [9.17, 15) is 14.3 Å². The Balaban J connectivity index is 1.55. The van der Waals surface area contributed by atoms with Crippen LogP contribution in [-0.2, 0) is 11.2 Å². The van der Waals surface area contributed by atoms with E-state index in [-0.39, 0.29) is 40.6 Å². The van der Waals surface area contributed by atoms with Crippen LogP contribution in [0.4, 0.5) is 4.39 Å². The molecule has 3 fully saturated rings. The Bertz CT molecular complexity index is 884. The fourth-order valence-electron chi connectivity index (χ4n) is 8.19. The molecule has 3 unspecified atom stereocenters. The molecule has 1 aromatic carbocycles. The second-order valence-corrected chi connectivity index (χ2v) is 10.9. The van der Waals surface area contributed by atoms with E-state index in [0.717, 1.165) is 44.1 Å². The van der Waals surface area contributed by atoms with Crippen LogP contribution in [0, 0.1) is 40.3 Å². The quantitative estimate of drug-likeness (QED) is 0.773. The molecule has 30 heavy (non-hydrogen) atoms. The van der Waals surface area contributed by atoms with Gasteiger partial charge in [-0.15, -0.1) is 0 Å². The van der Waals surface area contributed by atoms with Crippen molar-refractivity contribution in [3.63, 3.8) is 0 Å². The van der Waals surface area contributed by atoms with Crippen molar-refractivity contribution in [3.8, 4) is 0 Å². The minimum absolute atomic E-state index is 0.0217. The second-order valence-electron chi connectivity index (χ2n) is 10.9. The molecule has 1 aliphatic heterocycles. The standard InChI is InChI=1S/C26H34FNO2/c1-25-11-9-21-19(20(25)7-8-22(25)29)15-17(13-16-5-4-6-18(27)14-16)24-26(21,2)12-10-23(30)28(24)3/h4-6,10,12,14,17,19-22,24,29H,7-9,11,13,15H2,1-3H3/t17?,19-,20-,21+,22?,24?,25-,26+/m0/s1. The zero-order valence-electron chi connectivity index (χ0n) is 18.4. The summed E-state index contributed by atoms with van der Waals surface area (Å²) in [5, 5.41) is 10.8. The van der Waals surface area contributed by atoms with Crippen LogP contribution in [0.15, 0.2) is 36.4 Å². The third-order valence-corrected chi connectivity index (χ3v) is 9.58. The molecule has 4 heteroatoms. The minimum Gasteiger partial charge on any atom is -0.393 e. The van der Waals surface area contributed by atoms with Gasteiger partial charge in [-0.05, 0) is 91.4 Å². The molecule has 0 saturated heterocycles. The predicted octanol–water partition coefficient (Wildman–Crippen LogP) is 4.59. The maximum absolute atomic E-state index is 13.9. The third-order valence-electron chi connectivity index (χ3n) is 9.58. The molecule has 1 amide bonds. The normalized spacial score (nSPS) is 45.1. The van der Waals surface area contributed by atoms with Crippen LogP contribution in [0.2, 0.25) is 0 Å². The third kappa shape index (κ3) is 2.82. The second kappa shape index (κ2) is 6.91. The Morgan fingerprint density at radius 1 is 1.20 bits per heavy atom. The van der Waals surface area contributed by atoms with E-state index < -0.39 is 0 Å². The molecule has 0 spiro atoms. The van der Waals surface area contributed by atoms with Gasteiger partial charge in [0, 0.05) is 18.5 Å².